The Balaban J connectivity index is 2.61. The van der Waals surface area contributed by atoms with Gasteiger partial charge in [-0.1, -0.05) is 0 Å². The summed E-state index contributed by atoms with van der Waals surface area (Å²) in [5, 5.41) is 3.04. The van der Waals surface area contributed by atoms with Gasteiger partial charge in [0.2, 0.25) is 0 Å². The Morgan fingerprint density at radius 3 is 3.08 bits per heavy atom. The van der Waals surface area contributed by atoms with Gasteiger partial charge in [0, 0.05) is 17.8 Å². The highest BCUT2D eigenvalue weighted by Gasteiger charge is 2.16. The summed E-state index contributed by atoms with van der Waals surface area (Å²) in [4.78, 5) is 10.4. The summed E-state index contributed by atoms with van der Waals surface area (Å²) in [6, 6.07) is 3.24. The van der Waals surface area contributed by atoms with Gasteiger partial charge in [-0.15, -0.1) is 0 Å². The van der Waals surface area contributed by atoms with Crippen molar-refractivity contribution in [1.82, 2.24) is 0 Å². The van der Waals surface area contributed by atoms with Gasteiger partial charge in [0.15, 0.2) is 6.29 Å². The lowest BCUT2D eigenvalue weighted by atomic mass is 10.1. The molecule has 0 amide bonds. The molecule has 0 bridgehead atoms. The molecular weight excluding hydrogens is 157 g/mol. The summed E-state index contributed by atoms with van der Waals surface area (Å²) in [6.07, 6.45) is 1.22. The van der Waals surface area contributed by atoms with Crippen LogP contribution in [0, 0.1) is 5.82 Å². The average Bonchev–Trinajstić information content (AvgIpc) is 2.53. The van der Waals surface area contributed by atoms with Crippen molar-refractivity contribution in [3.63, 3.8) is 0 Å². The van der Waals surface area contributed by atoms with Gasteiger partial charge in [-0.3, -0.25) is 4.79 Å². The quantitative estimate of drug-likeness (QED) is 0.640. The molecule has 0 radical (unpaired) electrons. The smallest absolute Gasteiger partial charge is 0.153 e. The van der Waals surface area contributed by atoms with Crippen molar-refractivity contribution in [3.8, 4) is 0 Å². The number of aldehydes is 1. The summed E-state index contributed by atoms with van der Waals surface area (Å²) in [5.74, 6) is -0.368. The average molecular weight is 165 g/mol. The van der Waals surface area contributed by atoms with Gasteiger partial charge in [0.25, 0.3) is 0 Å². The lowest BCUT2D eigenvalue weighted by Gasteiger charge is -2.01. The highest BCUT2D eigenvalue weighted by molar-refractivity contribution is 5.78. The van der Waals surface area contributed by atoms with Gasteiger partial charge < -0.3 is 5.32 Å². The second-order valence-corrected chi connectivity index (χ2v) is 2.79. The lowest BCUT2D eigenvalue weighted by molar-refractivity contribution is 0.111. The van der Waals surface area contributed by atoms with Gasteiger partial charge in [-0.05, 0) is 18.6 Å². The minimum atomic E-state index is -0.368. The number of fused-ring (bicyclic) bond motifs is 1. The van der Waals surface area contributed by atoms with Crippen molar-refractivity contribution in [2.24, 2.45) is 0 Å². The lowest BCUT2D eigenvalue weighted by Crippen LogP contribution is -1.92. The fourth-order valence-electron chi connectivity index (χ4n) is 1.46. The number of nitrogens with one attached hydrogen (secondary N) is 1. The maximum Gasteiger partial charge on any atom is 0.153 e. The Bertz CT molecular complexity index is 336. The standard InChI is InChI=1S/C9H8FNO/c10-9-6(5-12)1-2-8-7(9)3-4-11-8/h1-2,5,11H,3-4H2. The first-order valence-electron chi connectivity index (χ1n) is 3.83. The Morgan fingerprint density at radius 1 is 1.50 bits per heavy atom. The molecule has 1 heterocycles. The van der Waals surface area contributed by atoms with Gasteiger partial charge in [0.1, 0.15) is 5.82 Å². The molecule has 0 spiro atoms. The van der Waals surface area contributed by atoms with Crippen LogP contribution in [-0.2, 0) is 6.42 Å². The van der Waals surface area contributed by atoms with E-state index in [4.69, 9.17) is 0 Å². The third-order valence-corrected chi connectivity index (χ3v) is 2.09. The van der Waals surface area contributed by atoms with Crippen molar-refractivity contribution < 1.29 is 9.18 Å². The summed E-state index contributed by atoms with van der Waals surface area (Å²) < 4.78 is 13.3. The van der Waals surface area contributed by atoms with Crippen molar-refractivity contribution >= 4 is 12.0 Å². The maximum absolute atomic E-state index is 13.3. The molecule has 1 aromatic rings. The van der Waals surface area contributed by atoms with E-state index in [1.807, 2.05) is 0 Å². The van der Waals surface area contributed by atoms with Crippen molar-refractivity contribution in [2.45, 2.75) is 6.42 Å². The molecule has 3 heteroatoms. The molecule has 1 aromatic carbocycles. The van der Waals surface area contributed by atoms with Crippen molar-refractivity contribution in [2.75, 3.05) is 11.9 Å². The van der Waals surface area contributed by atoms with Gasteiger partial charge in [-0.2, -0.15) is 0 Å². The largest absolute Gasteiger partial charge is 0.384 e. The minimum absolute atomic E-state index is 0.150. The molecule has 12 heavy (non-hydrogen) atoms. The zero-order valence-corrected chi connectivity index (χ0v) is 6.43. The Labute approximate surface area is 69.4 Å². The van der Waals surface area contributed by atoms with Crippen molar-refractivity contribution in [3.05, 3.63) is 29.1 Å². The first-order valence-corrected chi connectivity index (χ1v) is 3.83. The molecule has 0 unspecified atom stereocenters. The molecular formula is C9H8FNO. The third kappa shape index (κ3) is 0.897. The van der Waals surface area contributed by atoms with E-state index in [1.54, 1.807) is 6.07 Å². The fourth-order valence-corrected chi connectivity index (χ4v) is 1.46. The van der Waals surface area contributed by atoms with E-state index >= 15 is 0 Å². The number of rotatable bonds is 1. The van der Waals surface area contributed by atoms with E-state index in [-0.39, 0.29) is 11.4 Å². The first kappa shape index (κ1) is 7.28. The molecule has 0 aliphatic carbocycles. The molecule has 0 atom stereocenters. The van der Waals surface area contributed by atoms with Crippen LogP contribution in [0.2, 0.25) is 0 Å². The minimum Gasteiger partial charge on any atom is -0.384 e. The summed E-state index contributed by atoms with van der Waals surface area (Å²) in [6.45, 7) is 0.758. The molecule has 62 valence electrons. The molecule has 0 aromatic heterocycles. The Hall–Kier alpha value is -1.38. The maximum atomic E-state index is 13.3. The van der Waals surface area contributed by atoms with Crippen LogP contribution in [0.5, 0.6) is 0 Å². The van der Waals surface area contributed by atoms with Crippen LogP contribution in [0.4, 0.5) is 10.1 Å². The molecule has 0 fully saturated rings. The van der Waals surface area contributed by atoms with Crippen LogP contribution in [0.25, 0.3) is 0 Å². The second kappa shape index (κ2) is 2.59. The molecule has 1 aliphatic heterocycles. The van der Waals surface area contributed by atoms with Crippen LogP contribution in [0.1, 0.15) is 15.9 Å². The number of hydrogen-bond donors (Lipinski definition) is 1. The fraction of sp³-hybridized carbons (Fsp3) is 0.222. The van der Waals surface area contributed by atoms with E-state index in [0.29, 0.717) is 18.3 Å². The molecule has 0 saturated heterocycles. The summed E-state index contributed by atoms with van der Waals surface area (Å²) >= 11 is 0. The van der Waals surface area contributed by atoms with Gasteiger partial charge in [0.05, 0.1) is 5.56 Å². The molecule has 1 N–H and O–H groups in total. The zero-order chi connectivity index (χ0) is 8.55. The van der Waals surface area contributed by atoms with E-state index in [9.17, 15) is 9.18 Å². The number of carbonyl (C=O) groups excluding carboxylic acids is 1. The monoisotopic (exact) mass is 165 g/mol. The summed E-state index contributed by atoms with van der Waals surface area (Å²) in [5.41, 5.74) is 1.61. The Kier molecular flexibility index (Phi) is 1.57. The topological polar surface area (TPSA) is 29.1 Å². The number of halogens is 1. The molecule has 1 aliphatic rings. The van der Waals surface area contributed by atoms with Crippen molar-refractivity contribution in [1.29, 1.82) is 0 Å². The number of carbonyl (C=O) groups is 1. The Morgan fingerprint density at radius 2 is 2.33 bits per heavy atom. The van der Waals surface area contributed by atoms with E-state index in [0.717, 1.165) is 12.2 Å². The van der Waals surface area contributed by atoms with Gasteiger partial charge in [-0.25, -0.2) is 4.39 Å². The molecule has 2 rings (SSSR count). The van der Waals surface area contributed by atoms with Crippen LogP contribution >= 0.6 is 0 Å². The van der Waals surface area contributed by atoms with E-state index in [1.165, 1.54) is 6.07 Å². The summed E-state index contributed by atoms with van der Waals surface area (Å²) in [7, 11) is 0. The van der Waals surface area contributed by atoms with E-state index in [2.05, 4.69) is 5.32 Å². The highest BCUT2D eigenvalue weighted by Crippen LogP contribution is 2.26. The van der Waals surface area contributed by atoms with Crippen LogP contribution in [0.15, 0.2) is 12.1 Å². The highest BCUT2D eigenvalue weighted by atomic mass is 19.1. The van der Waals surface area contributed by atoms with Gasteiger partial charge >= 0.3 is 0 Å². The predicted molar refractivity (Wildman–Crippen MR) is 44.0 cm³/mol. The number of benzene rings is 1. The van der Waals surface area contributed by atoms with Crippen LogP contribution in [-0.4, -0.2) is 12.8 Å². The van der Waals surface area contributed by atoms with E-state index < -0.39 is 0 Å². The SMILES string of the molecule is O=Cc1ccc2c(c1F)CCN2. The predicted octanol–water partition coefficient (Wildman–Crippen LogP) is 1.61. The molecule has 0 saturated carbocycles. The number of anilines is 1. The second-order valence-electron chi connectivity index (χ2n) is 2.79. The van der Waals surface area contributed by atoms with Crippen LogP contribution < -0.4 is 5.32 Å². The zero-order valence-electron chi connectivity index (χ0n) is 6.43. The third-order valence-electron chi connectivity index (χ3n) is 2.09. The molecule has 2 nitrogen and oxygen atoms in total. The van der Waals surface area contributed by atoms with Crippen LogP contribution in [0.3, 0.4) is 0 Å². The number of hydrogen-bond acceptors (Lipinski definition) is 2. The normalized spacial score (nSPS) is 13.8. The first-order chi connectivity index (χ1) is 5.83.